The van der Waals surface area contributed by atoms with E-state index in [2.05, 4.69) is 0 Å². The zero-order valence-electron chi connectivity index (χ0n) is 10.5. The van der Waals surface area contributed by atoms with Crippen LogP contribution in [0.25, 0.3) is 0 Å². The van der Waals surface area contributed by atoms with Crippen LogP contribution >= 0.6 is 0 Å². The van der Waals surface area contributed by atoms with Gasteiger partial charge in [-0.2, -0.15) is 0 Å². The van der Waals surface area contributed by atoms with Crippen LogP contribution in [0.15, 0.2) is 9.59 Å². The minimum Gasteiger partial charge on any atom is -0.494 e. The summed E-state index contributed by atoms with van der Waals surface area (Å²) in [5, 5.41) is 9.96. The Morgan fingerprint density at radius 3 is 2.42 bits per heavy atom. The number of likely N-dealkylation sites (N-methyl/N-ethyl adjacent to an activating group) is 1. The van der Waals surface area contributed by atoms with Crippen molar-refractivity contribution < 1.29 is 14.7 Å². The van der Waals surface area contributed by atoms with Gasteiger partial charge in [-0.1, -0.05) is 6.92 Å². The number of amides is 2. The molecule has 19 heavy (non-hydrogen) atoms. The standard InChI is InChI=1S/C11H13N3O5/c1-3-5-8(16)12-11(19)14(9(5)17)6-4-7(15)13(2)10(6)18/h6,17H,3-4H2,1-2H3,(H,12,16,19). The predicted octanol–water partition coefficient (Wildman–Crippen LogP) is -1.27. The average molecular weight is 267 g/mol. The van der Waals surface area contributed by atoms with Crippen molar-refractivity contribution >= 4 is 11.8 Å². The second-order valence-corrected chi connectivity index (χ2v) is 4.30. The molecule has 0 saturated carbocycles. The van der Waals surface area contributed by atoms with Gasteiger partial charge in [0.15, 0.2) is 0 Å². The molecule has 2 amide bonds. The van der Waals surface area contributed by atoms with Crippen LogP contribution in [-0.4, -0.2) is 38.4 Å². The lowest BCUT2D eigenvalue weighted by Crippen LogP contribution is -2.37. The van der Waals surface area contributed by atoms with Gasteiger partial charge >= 0.3 is 5.69 Å². The molecule has 0 spiro atoms. The zero-order chi connectivity index (χ0) is 14.3. The van der Waals surface area contributed by atoms with Gasteiger partial charge in [-0.15, -0.1) is 0 Å². The number of H-pyrrole nitrogens is 1. The summed E-state index contributed by atoms with van der Waals surface area (Å²) in [5.41, 5.74) is -1.58. The van der Waals surface area contributed by atoms with E-state index >= 15 is 0 Å². The first-order chi connectivity index (χ1) is 8.88. The van der Waals surface area contributed by atoms with E-state index in [1.807, 2.05) is 4.98 Å². The molecule has 1 aromatic heterocycles. The second kappa shape index (κ2) is 4.38. The number of carbonyl (C=O) groups excluding carboxylic acids is 2. The highest BCUT2D eigenvalue weighted by atomic mass is 16.3. The van der Waals surface area contributed by atoms with E-state index in [0.29, 0.717) is 0 Å². The number of hydrogen-bond donors (Lipinski definition) is 2. The predicted molar refractivity (Wildman–Crippen MR) is 63.8 cm³/mol. The molecule has 1 unspecified atom stereocenters. The van der Waals surface area contributed by atoms with Crippen LogP contribution in [0.3, 0.4) is 0 Å². The van der Waals surface area contributed by atoms with Crippen molar-refractivity contribution in [2.75, 3.05) is 7.05 Å². The number of nitrogens with zero attached hydrogens (tertiary/aromatic N) is 2. The maximum Gasteiger partial charge on any atom is 0.331 e. The molecular weight excluding hydrogens is 254 g/mol. The Morgan fingerprint density at radius 1 is 1.32 bits per heavy atom. The first-order valence-corrected chi connectivity index (χ1v) is 5.75. The number of likely N-dealkylation sites (tertiary alicyclic amines) is 1. The average Bonchev–Trinajstić information content (AvgIpc) is 2.57. The minimum atomic E-state index is -1.10. The van der Waals surface area contributed by atoms with E-state index in [1.54, 1.807) is 6.92 Å². The van der Waals surface area contributed by atoms with Gasteiger partial charge in [-0.25, -0.2) is 4.79 Å². The molecule has 8 heteroatoms. The van der Waals surface area contributed by atoms with Crippen LogP contribution in [-0.2, 0) is 16.0 Å². The summed E-state index contributed by atoms with van der Waals surface area (Å²) in [6, 6.07) is -1.10. The zero-order valence-corrected chi connectivity index (χ0v) is 10.5. The number of aromatic nitrogens is 2. The lowest BCUT2D eigenvalue weighted by molar-refractivity contribution is -0.137. The van der Waals surface area contributed by atoms with E-state index < -0.39 is 35.0 Å². The minimum absolute atomic E-state index is 0.00871. The van der Waals surface area contributed by atoms with Crippen molar-refractivity contribution in [3.63, 3.8) is 0 Å². The number of rotatable bonds is 2. The van der Waals surface area contributed by atoms with Crippen LogP contribution in [0, 0.1) is 0 Å². The summed E-state index contributed by atoms with van der Waals surface area (Å²) >= 11 is 0. The van der Waals surface area contributed by atoms with Crippen molar-refractivity contribution in [3.8, 4) is 5.88 Å². The van der Waals surface area contributed by atoms with E-state index in [0.717, 1.165) is 9.47 Å². The molecule has 2 N–H and O–H groups in total. The molecule has 1 aliphatic rings. The number of imide groups is 1. The summed E-state index contributed by atoms with van der Waals surface area (Å²) in [6.07, 6.45) is -0.00978. The third kappa shape index (κ3) is 1.85. The number of nitrogens with one attached hydrogen (secondary N) is 1. The van der Waals surface area contributed by atoms with Crippen molar-refractivity contribution in [3.05, 3.63) is 26.4 Å². The molecule has 0 aromatic carbocycles. The van der Waals surface area contributed by atoms with Crippen molar-refractivity contribution in [1.29, 1.82) is 0 Å². The van der Waals surface area contributed by atoms with E-state index in [1.165, 1.54) is 7.05 Å². The summed E-state index contributed by atoms with van der Waals surface area (Å²) in [6.45, 7) is 1.63. The molecule has 2 heterocycles. The summed E-state index contributed by atoms with van der Waals surface area (Å²) in [7, 11) is 1.30. The molecule has 0 bridgehead atoms. The largest absolute Gasteiger partial charge is 0.494 e. The molecule has 1 aromatic rings. The van der Waals surface area contributed by atoms with E-state index in [-0.39, 0.29) is 18.4 Å². The number of aromatic amines is 1. The lowest BCUT2D eigenvalue weighted by Gasteiger charge is -2.15. The first-order valence-electron chi connectivity index (χ1n) is 5.75. The molecule has 102 valence electrons. The maximum absolute atomic E-state index is 11.8. The molecular formula is C11H13N3O5. The Hall–Kier alpha value is -2.38. The first kappa shape index (κ1) is 13.1. The topological polar surface area (TPSA) is 112 Å². The second-order valence-electron chi connectivity index (χ2n) is 4.30. The third-order valence-corrected chi connectivity index (χ3v) is 3.23. The van der Waals surface area contributed by atoms with Crippen LogP contribution in [0.4, 0.5) is 0 Å². The fourth-order valence-electron chi connectivity index (χ4n) is 2.12. The highest BCUT2D eigenvalue weighted by Gasteiger charge is 2.39. The lowest BCUT2D eigenvalue weighted by atomic mass is 10.2. The smallest absolute Gasteiger partial charge is 0.331 e. The molecule has 0 aliphatic carbocycles. The Kier molecular flexibility index (Phi) is 3.01. The van der Waals surface area contributed by atoms with Gasteiger partial charge in [0, 0.05) is 7.05 Å². The van der Waals surface area contributed by atoms with Gasteiger partial charge in [-0.3, -0.25) is 28.8 Å². The fourth-order valence-corrected chi connectivity index (χ4v) is 2.12. The van der Waals surface area contributed by atoms with Gasteiger partial charge in [0.2, 0.25) is 11.8 Å². The third-order valence-electron chi connectivity index (χ3n) is 3.23. The van der Waals surface area contributed by atoms with Gasteiger partial charge < -0.3 is 5.11 Å². The van der Waals surface area contributed by atoms with Gasteiger partial charge in [0.1, 0.15) is 6.04 Å². The maximum atomic E-state index is 11.8. The van der Waals surface area contributed by atoms with Crippen LogP contribution < -0.4 is 11.2 Å². The Bertz CT molecular complexity index is 672. The number of hydrogen-bond acceptors (Lipinski definition) is 5. The van der Waals surface area contributed by atoms with Gasteiger partial charge in [-0.05, 0) is 6.42 Å². The van der Waals surface area contributed by atoms with E-state index in [4.69, 9.17) is 0 Å². The van der Waals surface area contributed by atoms with Crippen LogP contribution in [0.5, 0.6) is 5.88 Å². The molecule has 8 nitrogen and oxygen atoms in total. The summed E-state index contributed by atoms with van der Waals surface area (Å²) < 4.78 is 0.768. The molecule has 2 rings (SSSR count). The normalized spacial score (nSPS) is 19.3. The van der Waals surface area contributed by atoms with E-state index in [9.17, 15) is 24.3 Å². The highest BCUT2D eigenvalue weighted by molar-refractivity contribution is 6.04. The van der Waals surface area contributed by atoms with Gasteiger partial charge in [0.05, 0.1) is 12.0 Å². The van der Waals surface area contributed by atoms with Gasteiger partial charge in [0.25, 0.3) is 11.5 Å². The quantitative estimate of drug-likeness (QED) is 0.649. The van der Waals surface area contributed by atoms with Crippen molar-refractivity contribution in [2.45, 2.75) is 25.8 Å². The van der Waals surface area contributed by atoms with Crippen molar-refractivity contribution in [2.24, 2.45) is 0 Å². The summed E-state index contributed by atoms with van der Waals surface area (Å²) in [5.74, 6) is -1.58. The monoisotopic (exact) mass is 267 g/mol. The number of carbonyl (C=O) groups is 2. The Balaban J connectivity index is 2.65. The highest BCUT2D eigenvalue weighted by Crippen LogP contribution is 2.26. The molecule has 1 saturated heterocycles. The molecule has 1 aliphatic heterocycles. The Morgan fingerprint density at radius 2 is 1.95 bits per heavy atom. The molecule has 1 atom stereocenters. The summed E-state index contributed by atoms with van der Waals surface area (Å²) in [4.78, 5) is 49.4. The van der Waals surface area contributed by atoms with Crippen molar-refractivity contribution in [1.82, 2.24) is 14.5 Å². The SMILES string of the molecule is CCc1c(O)n(C2CC(=O)N(C)C2=O)c(=O)[nH]c1=O. The number of aromatic hydroxyl groups is 1. The van der Waals surface area contributed by atoms with Crippen LogP contribution in [0.2, 0.25) is 0 Å². The molecule has 0 radical (unpaired) electrons. The molecule has 1 fully saturated rings. The van der Waals surface area contributed by atoms with Crippen LogP contribution in [0.1, 0.15) is 24.9 Å². The fraction of sp³-hybridized carbons (Fsp3) is 0.455. The Labute approximate surface area is 107 Å².